The Kier molecular flexibility index (Phi) is 3.45. The molecule has 0 saturated carbocycles. The zero-order valence-electron chi connectivity index (χ0n) is 7.81. The summed E-state index contributed by atoms with van der Waals surface area (Å²) in [5.41, 5.74) is 0.282. The number of rotatable bonds is 4. The maximum Gasteiger partial charge on any atom is 0.177 e. The molecule has 1 N–H and O–H groups in total. The fourth-order valence-electron chi connectivity index (χ4n) is 1.08. The van der Waals surface area contributed by atoms with Gasteiger partial charge >= 0.3 is 0 Å². The van der Waals surface area contributed by atoms with Gasteiger partial charge in [-0.05, 0) is 0 Å². The molecular weight excluding hydrogens is 188 g/mol. The Labute approximate surface area is 81.2 Å². The van der Waals surface area contributed by atoms with Gasteiger partial charge in [-0.15, -0.1) is 6.58 Å². The Morgan fingerprint density at radius 1 is 1.50 bits per heavy atom. The van der Waals surface area contributed by atoms with Crippen LogP contribution >= 0.6 is 0 Å². The second-order valence-electron chi connectivity index (χ2n) is 2.64. The first kappa shape index (κ1) is 10.5. The van der Waals surface area contributed by atoms with Gasteiger partial charge in [0, 0.05) is 18.7 Å². The van der Waals surface area contributed by atoms with Crippen molar-refractivity contribution in [2.24, 2.45) is 0 Å². The first-order valence-electron chi connectivity index (χ1n) is 4.07. The molecule has 0 aliphatic carbocycles. The lowest BCUT2D eigenvalue weighted by Crippen LogP contribution is -2.02. The summed E-state index contributed by atoms with van der Waals surface area (Å²) in [7, 11) is 1.33. The predicted molar refractivity (Wildman–Crippen MR) is 51.6 cm³/mol. The highest BCUT2D eigenvalue weighted by atomic mass is 19.1. The van der Waals surface area contributed by atoms with Crippen molar-refractivity contribution in [2.45, 2.75) is 0 Å². The standard InChI is InChI=1S/C10H11F2NO/c1-3-4-13-9-6-7(11)5-8(12)10(9)14-2/h3,5-6,13H,1,4H2,2H3. The number of hydrogen-bond acceptors (Lipinski definition) is 2. The molecule has 0 fully saturated rings. The minimum Gasteiger partial charge on any atom is -0.492 e. The van der Waals surface area contributed by atoms with Crippen LogP contribution in [0.25, 0.3) is 0 Å². The van der Waals surface area contributed by atoms with E-state index in [1.54, 1.807) is 6.08 Å². The average Bonchev–Trinajstić information content (AvgIpc) is 2.14. The van der Waals surface area contributed by atoms with Crippen LogP contribution in [-0.2, 0) is 0 Å². The molecule has 1 aromatic carbocycles. The topological polar surface area (TPSA) is 21.3 Å². The van der Waals surface area contributed by atoms with E-state index in [1.165, 1.54) is 13.2 Å². The largest absolute Gasteiger partial charge is 0.492 e. The predicted octanol–water partition coefficient (Wildman–Crippen LogP) is 2.57. The molecule has 0 atom stereocenters. The van der Waals surface area contributed by atoms with E-state index in [-0.39, 0.29) is 11.4 Å². The number of halogens is 2. The maximum absolute atomic E-state index is 13.1. The van der Waals surface area contributed by atoms with Gasteiger partial charge in [-0.3, -0.25) is 0 Å². The highest BCUT2D eigenvalue weighted by Crippen LogP contribution is 2.28. The molecule has 0 aromatic heterocycles. The highest BCUT2D eigenvalue weighted by molar-refractivity contribution is 5.57. The third-order valence-electron chi connectivity index (χ3n) is 1.65. The molecular formula is C10H11F2NO. The van der Waals surface area contributed by atoms with Crippen molar-refractivity contribution in [3.8, 4) is 5.75 Å². The monoisotopic (exact) mass is 199 g/mol. The number of hydrogen-bond donors (Lipinski definition) is 1. The molecule has 0 saturated heterocycles. The summed E-state index contributed by atoms with van der Waals surface area (Å²) < 4.78 is 30.7. The van der Waals surface area contributed by atoms with E-state index in [0.717, 1.165) is 6.07 Å². The highest BCUT2D eigenvalue weighted by Gasteiger charge is 2.10. The van der Waals surface area contributed by atoms with E-state index in [9.17, 15) is 8.78 Å². The first-order chi connectivity index (χ1) is 6.69. The summed E-state index contributed by atoms with van der Waals surface area (Å²) >= 11 is 0. The zero-order chi connectivity index (χ0) is 10.6. The summed E-state index contributed by atoms with van der Waals surface area (Å²) in [6.45, 7) is 3.90. The molecule has 0 heterocycles. The summed E-state index contributed by atoms with van der Waals surface area (Å²) in [5, 5.41) is 2.77. The molecule has 0 unspecified atom stereocenters. The summed E-state index contributed by atoms with van der Waals surface area (Å²) in [4.78, 5) is 0. The van der Waals surface area contributed by atoms with E-state index < -0.39 is 11.6 Å². The SMILES string of the molecule is C=CCNc1cc(F)cc(F)c1OC. The van der Waals surface area contributed by atoms with E-state index in [4.69, 9.17) is 4.74 Å². The maximum atomic E-state index is 13.1. The second kappa shape index (κ2) is 4.60. The molecule has 1 aromatic rings. The van der Waals surface area contributed by atoms with Crippen LogP contribution in [0.5, 0.6) is 5.75 Å². The van der Waals surface area contributed by atoms with Crippen LogP contribution in [0.3, 0.4) is 0 Å². The number of ether oxygens (including phenoxy) is 1. The van der Waals surface area contributed by atoms with Gasteiger partial charge in [-0.2, -0.15) is 0 Å². The van der Waals surface area contributed by atoms with Crippen molar-refractivity contribution >= 4 is 5.69 Å². The number of nitrogens with one attached hydrogen (secondary N) is 1. The van der Waals surface area contributed by atoms with Gasteiger partial charge in [0.25, 0.3) is 0 Å². The van der Waals surface area contributed by atoms with Crippen LogP contribution in [0.2, 0.25) is 0 Å². The zero-order valence-corrected chi connectivity index (χ0v) is 7.81. The Morgan fingerprint density at radius 3 is 2.79 bits per heavy atom. The van der Waals surface area contributed by atoms with E-state index in [1.807, 2.05) is 0 Å². The van der Waals surface area contributed by atoms with E-state index in [0.29, 0.717) is 6.54 Å². The Balaban J connectivity index is 3.04. The number of anilines is 1. The molecule has 0 spiro atoms. The molecule has 0 radical (unpaired) electrons. The van der Waals surface area contributed by atoms with E-state index >= 15 is 0 Å². The normalized spacial score (nSPS) is 9.64. The van der Waals surface area contributed by atoms with Crippen LogP contribution < -0.4 is 10.1 Å². The molecule has 76 valence electrons. The van der Waals surface area contributed by atoms with E-state index in [2.05, 4.69) is 11.9 Å². The number of benzene rings is 1. The average molecular weight is 199 g/mol. The van der Waals surface area contributed by atoms with Gasteiger partial charge in [0.1, 0.15) is 5.82 Å². The fraction of sp³-hybridized carbons (Fsp3) is 0.200. The van der Waals surface area contributed by atoms with Crippen molar-refractivity contribution in [1.82, 2.24) is 0 Å². The summed E-state index contributed by atoms with van der Waals surface area (Å²) in [6.07, 6.45) is 1.59. The minimum absolute atomic E-state index is 0.00764. The molecule has 14 heavy (non-hydrogen) atoms. The molecule has 2 nitrogen and oxygen atoms in total. The lowest BCUT2D eigenvalue weighted by atomic mass is 10.2. The Hall–Kier alpha value is -1.58. The molecule has 0 aliphatic heterocycles. The van der Waals surface area contributed by atoms with Crippen molar-refractivity contribution in [3.63, 3.8) is 0 Å². The van der Waals surface area contributed by atoms with Crippen LogP contribution in [0, 0.1) is 11.6 Å². The quantitative estimate of drug-likeness (QED) is 0.752. The van der Waals surface area contributed by atoms with Crippen LogP contribution in [-0.4, -0.2) is 13.7 Å². The van der Waals surface area contributed by atoms with Gasteiger partial charge in [0.05, 0.1) is 12.8 Å². The Bertz CT molecular complexity index is 339. The number of methoxy groups -OCH3 is 1. The fourth-order valence-corrected chi connectivity index (χ4v) is 1.08. The van der Waals surface area contributed by atoms with Gasteiger partial charge in [-0.1, -0.05) is 6.08 Å². The Morgan fingerprint density at radius 2 is 2.21 bits per heavy atom. The molecule has 0 amide bonds. The van der Waals surface area contributed by atoms with Crippen molar-refractivity contribution in [3.05, 3.63) is 36.4 Å². The third kappa shape index (κ3) is 2.22. The van der Waals surface area contributed by atoms with Crippen LogP contribution in [0.4, 0.5) is 14.5 Å². The summed E-state index contributed by atoms with van der Waals surface area (Å²) in [5.74, 6) is -1.36. The third-order valence-corrected chi connectivity index (χ3v) is 1.65. The van der Waals surface area contributed by atoms with Gasteiger partial charge in [-0.25, -0.2) is 8.78 Å². The van der Waals surface area contributed by atoms with Crippen molar-refractivity contribution in [2.75, 3.05) is 19.0 Å². The smallest absolute Gasteiger partial charge is 0.177 e. The van der Waals surface area contributed by atoms with Crippen molar-refractivity contribution < 1.29 is 13.5 Å². The minimum atomic E-state index is -0.723. The second-order valence-corrected chi connectivity index (χ2v) is 2.64. The van der Waals surface area contributed by atoms with Gasteiger partial charge < -0.3 is 10.1 Å². The molecule has 1 rings (SSSR count). The molecule has 0 bridgehead atoms. The first-order valence-corrected chi connectivity index (χ1v) is 4.07. The van der Waals surface area contributed by atoms with Crippen molar-refractivity contribution in [1.29, 1.82) is 0 Å². The lowest BCUT2D eigenvalue weighted by molar-refractivity contribution is 0.386. The van der Waals surface area contributed by atoms with Gasteiger partial charge in [0.15, 0.2) is 11.6 Å². The lowest BCUT2D eigenvalue weighted by Gasteiger charge is -2.10. The molecule has 4 heteroatoms. The van der Waals surface area contributed by atoms with Gasteiger partial charge in [0.2, 0.25) is 0 Å². The van der Waals surface area contributed by atoms with Crippen LogP contribution in [0.1, 0.15) is 0 Å². The van der Waals surface area contributed by atoms with Crippen LogP contribution in [0.15, 0.2) is 24.8 Å². The summed E-state index contributed by atoms with van der Waals surface area (Å²) in [6, 6.07) is 1.95. The molecule has 0 aliphatic rings.